The number of thioether (sulfide) groups is 1. The van der Waals surface area contributed by atoms with E-state index >= 15 is 0 Å². The zero-order valence-electron chi connectivity index (χ0n) is 15.6. The van der Waals surface area contributed by atoms with Gasteiger partial charge in [-0.1, -0.05) is 29.1 Å². The first-order valence-corrected chi connectivity index (χ1v) is 9.68. The lowest BCUT2D eigenvalue weighted by Gasteiger charge is -2.08. The van der Waals surface area contributed by atoms with E-state index in [0.29, 0.717) is 41.0 Å². The van der Waals surface area contributed by atoms with Crippen LogP contribution in [0.15, 0.2) is 50.7 Å². The molecule has 3 heterocycles. The molecule has 0 saturated carbocycles. The fourth-order valence-electron chi connectivity index (χ4n) is 2.71. The highest BCUT2D eigenvalue weighted by Gasteiger charge is 2.22. The Bertz CT molecular complexity index is 1090. The van der Waals surface area contributed by atoms with Gasteiger partial charge in [-0.2, -0.15) is 4.98 Å². The quantitative estimate of drug-likeness (QED) is 0.426. The van der Waals surface area contributed by atoms with Crippen LogP contribution in [0.4, 0.5) is 4.39 Å². The lowest BCUT2D eigenvalue weighted by Crippen LogP contribution is -2.00. The molecule has 0 radical (unpaired) electrons. The molecule has 0 amide bonds. The number of rotatable bonds is 6. The molecule has 144 valence electrons. The van der Waals surface area contributed by atoms with Crippen molar-refractivity contribution in [1.29, 1.82) is 0 Å². The topological polar surface area (TPSA) is 82.8 Å². The van der Waals surface area contributed by atoms with Gasteiger partial charge in [-0.3, -0.25) is 4.57 Å². The number of hydrogen-bond acceptors (Lipinski definition) is 7. The first-order chi connectivity index (χ1) is 13.6. The number of furan rings is 1. The van der Waals surface area contributed by atoms with E-state index in [2.05, 4.69) is 20.3 Å². The second kappa shape index (κ2) is 7.59. The third kappa shape index (κ3) is 3.45. The van der Waals surface area contributed by atoms with Crippen LogP contribution in [0, 0.1) is 12.7 Å². The van der Waals surface area contributed by atoms with Gasteiger partial charge in [0.25, 0.3) is 0 Å². The summed E-state index contributed by atoms with van der Waals surface area (Å²) in [5.41, 5.74) is 1.15. The number of halogens is 1. The molecule has 1 aromatic carbocycles. The number of aryl methyl sites for hydroxylation is 1. The number of benzene rings is 1. The maximum absolute atomic E-state index is 13.8. The van der Waals surface area contributed by atoms with Crippen LogP contribution in [0.25, 0.3) is 23.0 Å². The van der Waals surface area contributed by atoms with Gasteiger partial charge in [-0.05, 0) is 44.5 Å². The monoisotopic (exact) mass is 399 g/mol. The Morgan fingerprint density at radius 3 is 2.82 bits per heavy atom. The van der Waals surface area contributed by atoms with Crippen molar-refractivity contribution in [3.63, 3.8) is 0 Å². The predicted octanol–water partition coefficient (Wildman–Crippen LogP) is 4.91. The molecule has 0 bridgehead atoms. The van der Waals surface area contributed by atoms with E-state index in [4.69, 9.17) is 8.94 Å². The van der Waals surface area contributed by atoms with Gasteiger partial charge in [0.2, 0.25) is 11.7 Å². The van der Waals surface area contributed by atoms with Gasteiger partial charge < -0.3 is 8.94 Å². The molecule has 0 saturated heterocycles. The third-order valence-electron chi connectivity index (χ3n) is 4.28. The Hall–Kier alpha value is -2.94. The largest absolute Gasteiger partial charge is 0.461 e. The van der Waals surface area contributed by atoms with Crippen LogP contribution < -0.4 is 0 Å². The van der Waals surface area contributed by atoms with E-state index in [1.54, 1.807) is 25.3 Å². The normalized spacial score (nSPS) is 12.4. The lowest BCUT2D eigenvalue weighted by molar-refractivity contribution is 0.380. The van der Waals surface area contributed by atoms with Gasteiger partial charge in [0.1, 0.15) is 5.82 Å². The van der Waals surface area contributed by atoms with Gasteiger partial charge in [0.15, 0.2) is 16.7 Å². The number of aromatic nitrogens is 5. The molecule has 28 heavy (non-hydrogen) atoms. The average molecular weight is 399 g/mol. The summed E-state index contributed by atoms with van der Waals surface area (Å²) in [5.74, 6) is 1.83. The van der Waals surface area contributed by atoms with Crippen molar-refractivity contribution in [2.75, 3.05) is 0 Å². The van der Waals surface area contributed by atoms with Crippen LogP contribution in [0.5, 0.6) is 0 Å². The SMILES string of the molecule is CCn1c(SC(C)c2nc(-c3ccc(C)c(F)c3)no2)nnc1-c1ccco1. The molecule has 3 aromatic heterocycles. The highest BCUT2D eigenvalue weighted by atomic mass is 32.2. The Balaban J connectivity index is 1.55. The van der Waals surface area contributed by atoms with Gasteiger partial charge >= 0.3 is 0 Å². The molecule has 1 atom stereocenters. The van der Waals surface area contributed by atoms with E-state index < -0.39 is 0 Å². The second-order valence-corrected chi connectivity index (χ2v) is 7.52. The summed E-state index contributed by atoms with van der Waals surface area (Å²) in [6.45, 7) is 6.36. The van der Waals surface area contributed by atoms with E-state index in [9.17, 15) is 4.39 Å². The van der Waals surface area contributed by atoms with E-state index in [-0.39, 0.29) is 11.1 Å². The van der Waals surface area contributed by atoms with Crippen LogP contribution in [0.3, 0.4) is 0 Å². The van der Waals surface area contributed by atoms with Crippen molar-refractivity contribution >= 4 is 11.8 Å². The molecular formula is C19H18FN5O2S. The molecule has 0 fully saturated rings. The summed E-state index contributed by atoms with van der Waals surface area (Å²) in [4.78, 5) is 4.42. The minimum Gasteiger partial charge on any atom is -0.461 e. The summed E-state index contributed by atoms with van der Waals surface area (Å²) in [6, 6.07) is 8.53. The highest BCUT2D eigenvalue weighted by molar-refractivity contribution is 7.99. The van der Waals surface area contributed by atoms with Crippen LogP contribution in [-0.2, 0) is 6.54 Å². The van der Waals surface area contributed by atoms with E-state index in [1.165, 1.54) is 17.8 Å². The van der Waals surface area contributed by atoms with Crippen molar-refractivity contribution in [2.45, 2.75) is 37.7 Å². The molecule has 1 unspecified atom stereocenters. The fraction of sp³-hybridized carbons (Fsp3) is 0.263. The summed E-state index contributed by atoms with van der Waals surface area (Å²) in [6.07, 6.45) is 1.60. The van der Waals surface area contributed by atoms with Crippen LogP contribution in [0.2, 0.25) is 0 Å². The third-order valence-corrected chi connectivity index (χ3v) is 5.34. The summed E-state index contributed by atoms with van der Waals surface area (Å²) in [5, 5.41) is 13.1. The van der Waals surface area contributed by atoms with Gasteiger partial charge in [-0.15, -0.1) is 10.2 Å². The molecule has 0 aliphatic rings. The molecule has 0 aliphatic carbocycles. The van der Waals surface area contributed by atoms with Crippen molar-refractivity contribution < 1.29 is 13.3 Å². The minimum absolute atomic E-state index is 0.157. The molecule has 7 nitrogen and oxygen atoms in total. The van der Waals surface area contributed by atoms with Crippen LogP contribution >= 0.6 is 11.8 Å². The minimum atomic E-state index is -0.298. The summed E-state index contributed by atoms with van der Waals surface area (Å²) in [7, 11) is 0. The Kier molecular flexibility index (Phi) is 4.99. The van der Waals surface area contributed by atoms with Crippen molar-refractivity contribution in [1.82, 2.24) is 24.9 Å². The lowest BCUT2D eigenvalue weighted by atomic mass is 10.1. The standard InChI is InChI=1S/C19H18FN5O2S/c1-4-25-17(15-6-5-9-26-15)22-23-19(25)28-12(3)18-21-16(24-27-18)13-8-7-11(2)14(20)10-13/h5-10,12H,4H2,1-3H3. The molecular weight excluding hydrogens is 381 g/mol. The Labute approximate surface area is 165 Å². The fourth-order valence-corrected chi connectivity index (χ4v) is 3.65. The molecule has 0 N–H and O–H groups in total. The van der Waals surface area contributed by atoms with Crippen molar-refractivity contribution in [2.24, 2.45) is 0 Å². The predicted molar refractivity (Wildman–Crippen MR) is 102 cm³/mol. The summed E-state index contributed by atoms with van der Waals surface area (Å²) < 4.78 is 26.6. The number of nitrogens with zero attached hydrogens (tertiary/aromatic N) is 5. The molecule has 9 heteroatoms. The van der Waals surface area contributed by atoms with Gasteiger partial charge in [-0.25, -0.2) is 4.39 Å². The molecule has 4 rings (SSSR count). The summed E-state index contributed by atoms with van der Waals surface area (Å²) >= 11 is 1.46. The zero-order valence-corrected chi connectivity index (χ0v) is 16.4. The van der Waals surface area contributed by atoms with Crippen molar-refractivity contribution in [3.8, 4) is 23.0 Å². The average Bonchev–Trinajstić information content (AvgIpc) is 3.44. The zero-order chi connectivity index (χ0) is 19.7. The van der Waals surface area contributed by atoms with E-state index in [1.807, 2.05) is 30.5 Å². The van der Waals surface area contributed by atoms with Crippen molar-refractivity contribution in [3.05, 3.63) is 53.9 Å². The smallest absolute Gasteiger partial charge is 0.240 e. The Morgan fingerprint density at radius 1 is 1.25 bits per heavy atom. The molecule has 4 aromatic rings. The van der Waals surface area contributed by atoms with Gasteiger partial charge in [0, 0.05) is 12.1 Å². The molecule has 0 spiro atoms. The first kappa shape index (κ1) is 18.4. The van der Waals surface area contributed by atoms with E-state index in [0.717, 1.165) is 5.16 Å². The van der Waals surface area contributed by atoms with Gasteiger partial charge in [0.05, 0.1) is 11.5 Å². The number of hydrogen-bond donors (Lipinski definition) is 0. The Morgan fingerprint density at radius 2 is 2.11 bits per heavy atom. The van der Waals surface area contributed by atoms with Crippen LogP contribution in [-0.4, -0.2) is 24.9 Å². The van der Waals surface area contributed by atoms with Crippen LogP contribution in [0.1, 0.15) is 30.6 Å². The maximum atomic E-state index is 13.8. The molecule has 0 aliphatic heterocycles. The first-order valence-electron chi connectivity index (χ1n) is 8.80. The second-order valence-electron chi connectivity index (χ2n) is 6.21. The maximum Gasteiger partial charge on any atom is 0.240 e. The highest BCUT2D eigenvalue weighted by Crippen LogP contribution is 2.35.